The number of aromatic nitrogens is 4. The Labute approximate surface area is 126 Å². The molecule has 0 aliphatic heterocycles. The van der Waals surface area contributed by atoms with Crippen LogP contribution in [0.2, 0.25) is 0 Å². The second-order valence-electron chi connectivity index (χ2n) is 4.57. The van der Waals surface area contributed by atoms with Gasteiger partial charge in [-0.3, -0.25) is 9.48 Å². The maximum Gasteiger partial charge on any atom is 0.358 e. The quantitative estimate of drug-likeness (QED) is 0.826. The van der Waals surface area contributed by atoms with Crippen molar-refractivity contribution in [1.29, 1.82) is 0 Å². The molecule has 2 heterocycles. The van der Waals surface area contributed by atoms with E-state index in [1.165, 1.54) is 29.6 Å². The minimum atomic E-state index is -0.586. The Kier molecular flexibility index (Phi) is 4.15. The van der Waals surface area contributed by atoms with Gasteiger partial charge in [0.1, 0.15) is 0 Å². The minimum absolute atomic E-state index is 0.163. The molecular weight excluding hydrogens is 290 g/mol. The van der Waals surface area contributed by atoms with E-state index in [4.69, 9.17) is 9.47 Å². The third-order valence-corrected chi connectivity index (χ3v) is 3.12. The molecule has 2 aromatic heterocycles. The first-order chi connectivity index (χ1) is 10.4. The molecule has 0 unspecified atom stereocenters. The molecule has 0 bridgehead atoms. The van der Waals surface area contributed by atoms with E-state index >= 15 is 0 Å². The van der Waals surface area contributed by atoms with Crippen molar-refractivity contribution in [3.8, 4) is 5.88 Å². The number of methoxy groups -OCH3 is 2. The summed E-state index contributed by atoms with van der Waals surface area (Å²) in [5.74, 6) is -0.613. The Hall–Kier alpha value is -2.84. The van der Waals surface area contributed by atoms with Gasteiger partial charge in [0, 0.05) is 20.2 Å². The number of carbonyl (C=O) groups excluding carboxylic acids is 2. The van der Waals surface area contributed by atoms with Crippen LogP contribution in [0.4, 0.5) is 5.69 Å². The first kappa shape index (κ1) is 15.5. The molecule has 9 heteroatoms. The number of ether oxygens (including phenoxy) is 2. The van der Waals surface area contributed by atoms with Gasteiger partial charge in [-0.15, -0.1) is 0 Å². The molecule has 118 valence electrons. The first-order valence-electron chi connectivity index (χ1n) is 6.40. The van der Waals surface area contributed by atoms with E-state index in [1.807, 2.05) is 0 Å². The van der Waals surface area contributed by atoms with Crippen molar-refractivity contribution in [2.45, 2.75) is 6.92 Å². The molecule has 0 saturated carbocycles. The summed E-state index contributed by atoms with van der Waals surface area (Å²) in [5, 5.41) is 10.8. The predicted octanol–water partition coefficient (Wildman–Crippen LogP) is 0.510. The summed E-state index contributed by atoms with van der Waals surface area (Å²) in [6.07, 6.45) is 0. The Morgan fingerprint density at radius 1 is 1.18 bits per heavy atom. The monoisotopic (exact) mass is 307 g/mol. The Bertz CT molecular complexity index is 731. The van der Waals surface area contributed by atoms with Crippen LogP contribution in [0.15, 0.2) is 6.07 Å². The standard InChI is InChI=1S/C13H17N5O4/c1-7-10(11(13(20)22-5)18(3)15-7)14-12(19)8-6-9(21-4)17(2)16-8/h6H,1-5H3,(H,14,19). The van der Waals surface area contributed by atoms with Crippen LogP contribution in [0.5, 0.6) is 5.88 Å². The molecule has 2 rings (SSSR count). The average Bonchev–Trinajstić information content (AvgIpc) is 2.98. The molecule has 0 aliphatic rings. The van der Waals surface area contributed by atoms with E-state index in [-0.39, 0.29) is 11.4 Å². The zero-order valence-corrected chi connectivity index (χ0v) is 13.0. The summed E-state index contributed by atoms with van der Waals surface area (Å²) in [6, 6.07) is 1.50. The van der Waals surface area contributed by atoms with Crippen LogP contribution in [0.1, 0.15) is 26.7 Å². The van der Waals surface area contributed by atoms with E-state index in [1.54, 1.807) is 21.0 Å². The number of nitrogens with zero attached hydrogens (tertiary/aromatic N) is 4. The van der Waals surface area contributed by atoms with Gasteiger partial charge in [0.15, 0.2) is 11.4 Å². The number of carbonyl (C=O) groups is 2. The zero-order chi connectivity index (χ0) is 16.4. The number of hydrogen-bond acceptors (Lipinski definition) is 6. The van der Waals surface area contributed by atoms with Crippen LogP contribution in [-0.4, -0.2) is 45.7 Å². The lowest BCUT2D eigenvalue weighted by atomic mass is 10.2. The molecule has 2 aromatic rings. The molecule has 0 radical (unpaired) electrons. The Balaban J connectivity index is 2.34. The zero-order valence-electron chi connectivity index (χ0n) is 13.0. The highest BCUT2D eigenvalue weighted by molar-refractivity contribution is 6.07. The number of amides is 1. The van der Waals surface area contributed by atoms with E-state index < -0.39 is 11.9 Å². The first-order valence-corrected chi connectivity index (χ1v) is 6.40. The Morgan fingerprint density at radius 3 is 2.41 bits per heavy atom. The van der Waals surface area contributed by atoms with Gasteiger partial charge in [0.05, 0.1) is 25.6 Å². The van der Waals surface area contributed by atoms with Gasteiger partial charge in [-0.2, -0.15) is 10.2 Å². The molecule has 1 amide bonds. The minimum Gasteiger partial charge on any atom is -0.481 e. The van der Waals surface area contributed by atoms with Crippen molar-refractivity contribution in [3.63, 3.8) is 0 Å². The van der Waals surface area contributed by atoms with E-state index in [0.717, 1.165) is 0 Å². The lowest BCUT2D eigenvalue weighted by Crippen LogP contribution is -2.17. The fourth-order valence-corrected chi connectivity index (χ4v) is 2.07. The molecule has 0 aromatic carbocycles. The van der Waals surface area contributed by atoms with Crippen LogP contribution >= 0.6 is 0 Å². The smallest absolute Gasteiger partial charge is 0.358 e. The summed E-state index contributed by atoms with van der Waals surface area (Å²) in [5.41, 5.74) is 1.12. The number of rotatable bonds is 4. The van der Waals surface area contributed by atoms with Crippen LogP contribution in [-0.2, 0) is 18.8 Å². The maximum absolute atomic E-state index is 12.3. The number of anilines is 1. The summed E-state index contributed by atoms with van der Waals surface area (Å²) < 4.78 is 12.6. The maximum atomic E-state index is 12.3. The summed E-state index contributed by atoms with van der Waals surface area (Å²) in [6.45, 7) is 1.68. The van der Waals surface area contributed by atoms with Gasteiger partial charge in [-0.05, 0) is 6.92 Å². The number of hydrogen-bond donors (Lipinski definition) is 1. The van der Waals surface area contributed by atoms with Gasteiger partial charge in [-0.25, -0.2) is 9.48 Å². The van der Waals surface area contributed by atoms with Crippen LogP contribution in [0.3, 0.4) is 0 Å². The second-order valence-corrected chi connectivity index (χ2v) is 4.57. The highest BCUT2D eigenvalue weighted by Gasteiger charge is 2.24. The van der Waals surface area contributed by atoms with Crippen molar-refractivity contribution >= 4 is 17.6 Å². The van der Waals surface area contributed by atoms with E-state index in [0.29, 0.717) is 17.3 Å². The molecule has 1 N–H and O–H groups in total. The van der Waals surface area contributed by atoms with Crippen molar-refractivity contribution < 1.29 is 19.1 Å². The van der Waals surface area contributed by atoms with Crippen molar-refractivity contribution in [2.75, 3.05) is 19.5 Å². The molecule has 22 heavy (non-hydrogen) atoms. The van der Waals surface area contributed by atoms with Gasteiger partial charge in [-0.1, -0.05) is 0 Å². The molecule has 0 fully saturated rings. The summed E-state index contributed by atoms with van der Waals surface area (Å²) in [7, 11) is 6.00. The van der Waals surface area contributed by atoms with Crippen LogP contribution in [0, 0.1) is 6.92 Å². The summed E-state index contributed by atoms with van der Waals surface area (Å²) in [4.78, 5) is 24.1. The van der Waals surface area contributed by atoms with Gasteiger partial charge >= 0.3 is 5.97 Å². The fourth-order valence-electron chi connectivity index (χ4n) is 2.07. The third-order valence-electron chi connectivity index (χ3n) is 3.12. The van der Waals surface area contributed by atoms with Gasteiger partial charge < -0.3 is 14.8 Å². The predicted molar refractivity (Wildman–Crippen MR) is 77.0 cm³/mol. The summed E-state index contributed by atoms with van der Waals surface area (Å²) >= 11 is 0. The number of nitrogens with one attached hydrogen (secondary N) is 1. The number of aryl methyl sites for hydroxylation is 3. The largest absolute Gasteiger partial charge is 0.481 e. The highest BCUT2D eigenvalue weighted by Crippen LogP contribution is 2.22. The van der Waals surface area contributed by atoms with Gasteiger partial charge in [0.25, 0.3) is 5.91 Å². The molecule has 0 aliphatic carbocycles. The Morgan fingerprint density at radius 2 is 1.86 bits per heavy atom. The van der Waals surface area contributed by atoms with Crippen LogP contribution < -0.4 is 10.1 Å². The van der Waals surface area contributed by atoms with Crippen molar-refractivity contribution in [2.24, 2.45) is 14.1 Å². The fraction of sp³-hybridized carbons (Fsp3) is 0.385. The van der Waals surface area contributed by atoms with Crippen LogP contribution in [0.25, 0.3) is 0 Å². The van der Waals surface area contributed by atoms with E-state index in [2.05, 4.69) is 15.5 Å². The normalized spacial score (nSPS) is 10.4. The lowest BCUT2D eigenvalue weighted by molar-refractivity contribution is 0.0589. The van der Waals surface area contributed by atoms with Crippen molar-refractivity contribution in [3.05, 3.63) is 23.1 Å². The SMILES string of the molecule is COC(=O)c1c(NC(=O)c2cc(OC)n(C)n2)c(C)nn1C. The molecule has 0 spiro atoms. The topological polar surface area (TPSA) is 100 Å². The highest BCUT2D eigenvalue weighted by atomic mass is 16.5. The number of esters is 1. The van der Waals surface area contributed by atoms with E-state index in [9.17, 15) is 9.59 Å². The molecule has 0 saturated heterocycles. The van der Waals surface area contributed by atoms with Gasteiger partial charge in [0.2, 0.25) is 5.88 Å². The molecule has 0 atom stereocenters. The lowest BCUT2D eigenvalue weighted by Gasteiger charge is -2.05. The molecular formula is C13H17N5O4. The second kappa shape index (κ2) is 5.88. The molecule has 9 nitrogen and oxygen atoms in total. The third kappa shape index (κ3) is 2.65. The van der Waals surface area contributed by atoms with Crippen molar-refractivity contribution in [1.82, 2.24) is 19.6 Å². The average molecular weight is 307 g/mol.